The summed E-state index contributed by atoms with van der Waals surface area (Å²) in [5.41, 5.74) is -0.106. The van der Waals surface area contributed by atoms with Crippen LogP contribution in [0.25, 0.3) is 0 Å². The summed E-state index contributed by atoms with van der Waals surface area (Å²) in [6, 6.07) is 1.63. The van der Waals surface area contributed by atoms with Crippen molar-refractivity contribution < 1.29 is 19.0 Å². The Kier molecular flexibility index (Phi) is 3.80. The summed E-state index contributed by atoms with van der Waals surface area (Å²) >= 11 is 5.41. The third kappa shape index (κ3) is 2.41. The maximum absolute atomic E-state index is 13.1. The van der Waals surface area contributed by atoms with Gasteiger partial charge >= 0.3 is 0 Å². The van der Waals surface area contributed by atoms with E-state index in [0.717, 1.165) is 6.07 Å². The molecule has 2 nitrogen and oxygen atoms in total. The van der Waals surface area contributed by atoms with Crippen LogP contribution in [0.1, 0.15) is 18.1 Å². The van der Waals surface area contributed by atoms with Gasteiger partial charge in [-0.25, -0.2) is 8.78 Å². The minimum atomic E-state index is -1.17. The molecule has 0 saturated heterocycles. The summed E-state index contributed by atoms with van der Waals surface area (Å²) in [6.07, 6.45) is -1.18. The van der Waals surface area contributed by atoms with Gasteiger partial charge < -0.3 is 10.2 Å². The Morgan fingerprint density at radius 2 is 1.93 bits per heavy atom. The molecule has 1 unspecified atom stereocenters. The van der Waals surface area contributed by atoms with Gasteiger partial charge in [-0.05, 0) is 6.07 Å². The molecule has 14 heavy (non-hydrogen) atoms. The first-order valence-corrected chi connectivity index (χ1v) is 4.37. The standard InChI is InChI=1S/C9H9ClF2O2/c10-6-3-5(9(14)1-2-13)7(11)4-8(6)12/h3-4,9,13-14H,1-2H2. The molecule has 5 heteroatoms. The largest absolute Gasteiger partial charge is 0.396 e. The zero-order chi connectivity index (χ0) is 10.7. The van der Waals surface area contributed by atoms with Crippen LogP contribution in [0.4, 0.5) is 8.78 Å². The summed E-state index contributed by atoms with van der Waals surface area (Å²) in [5, 5.41) is 17.6. The summed E-state index contributed by atoms with van der Waals surface area (Å²) in [7, 11) is 0. The molecule has 0 bridgehead atoms. The first-order valence-electron chi connectivity index (χ1n) is 3.99. The van der Waals surface area contributed by atoms with Crippen molar-refractivity contribution in [3.8, 4) is 0 Å². The smallest absolute Gasteiger partial charge is 0.144 e. The van der Waals surface area contributed by atoms with E-state index < -0.39 is 17.7 Å². The number of aliphatic hydroxyl groups is 2. The van der Waals surface area contributed by atoms with Crippen molar-refractivity contribution in [1.82, 2.24) is 0 Å². The van der Waals surface area contributed by atoms with Gasteiger partial charge in [0.15, 0.2) is 0 Å². The molecule has 1 atom stereocenters. The molecule has 0 aliphatic heterocycles. The molecule has 0 amide bonds. The highest BCUT2D eigenvalue weighted by molar-refractivity contribution is 6.30. The summed E-state index contributed by atoms with van der Waals surface area (Å²) in [4.78, 5) is 0. The van der Waals surface area contributed by atoms with Crippen LogP contribution < -0.4 is 0 Å². The van der Waals surface area contributed by atoms with Crippen LogP contribution in [0, 0.1) is 11.6 Å². The molecule has 0 aromatic heterocycles. The Bertz CT molecular complexity index is 331. The van der Waals surface area contributed by atoms with Crippen LogP contribution >= 0.6 is 11.6 Å². The van der Waals surface area contributed by atoms with Crippen molar-refractivity contribution in [1.29, 1.82) is 0 Å². The monoisotopic (exact) mass is 222 g/mol. The van der Waals surface area contributed by atoms with Gasteiger partial charge in [-0.1, -0.05) is 11.6 Å². The number of benzene rings is 1. The molecule has 1 aromatic carbocycles. The maximum Gasteiger partial charge on any atom is 0.144 e. The van der Waals surface area contributed by atoms with Crippen molar-refractivity contribution in [3.63, 3.8) is 0 Å². The Hall–Kier alpha value is -0.710. The molecule has 1 aromatic rings. The fourth-order valence-corrected chi connectivity index (χ4v) is 1.24. The Morgan fingerprint density at radius 3 is 2.50 bits per heavy atom. The summed E-state index contributed by atoms with van der Waals surface area (Å²) in [6.45, 7) is -0.282. The lowest BCUT2D eigenvalue weighted by Crippen LogP contribution is -2.03. The zero-order valence-electron chi connectivity index (χ0n) is 7.17. The van der Waals surface area contributed by atoms with Gasteiger partial charge in [-0.2, -0.15) is 0 Å². The van der Waals surface area contributed by atoms with Crippen molar-refractivity contribution in [2.45, 2.75) is 12.5 Å². The van der Waals surface area contributed by atoms with Gasteiger partial charge in [0.25, 0.3) is 0 Å². The van der Waals surface area contributed by atoms with E-state index >= 15 is 0 Å². The van der Waals surface area contributed by atoms with Crippen molar-refractivity contribution >= 4 is 11.6 Å². The highest BCUT2D eigenvalue weighted by Gasteiger charge is 2.15. The molecule has 0 spiro atoms. The second-order valence-electron chi connectivity index (χ2n) is 2.82. The predicted octanol–water partition coefficient (Wildman–Crippen LogP) is 2.03. The van der Waals surface area contributed by atoms with Crippen molar-refractivity contribution in [3.05, 3.63) is 34.4 Å². The van der Waals surface area contributed by atoms with Gasteiger partial charge in [0.05, 0.1) is 11.1 Å². The molecular formula is C9H9ClF2O2. The molecule has 0 saturated carbocycles. The first kappa shape index (κ1) is 11.4. The molecule has 78 valence electrons. The second-order valence-corrected chi connectivity index (χ2v) is 3.22. The first-order chi connectivity index (χ1) is 6.56. The molecular weight excluding hydrogens is 214 g/mol. The normalized spacial score (nSPS) is 12.9. The number of hydrogen-bond acceptors (Lipinski definition) is 2. The van der Waals surface area contributed by atoms with Gasteiger partial charge in [0, 0.05) is 24.7 Å². The summed E-state index contributed by atoms with van der Waals surface area (Å²) < 4.78 is 25.8. The third-order valence-electron chi connectivity index (χ3n) is 1.80. The lowest BCUT2D eigenvalue weighted by Gasteiger charge is -2.10. The number of halogens is 3. The van der Waals surface area contributed by atoms with E-state index in [0.29, 0.717) is 6.07 Å². The maximum atomic E-state index is 13.1. The van der Waals surface area contributed by atoms with Crippen LogP contribution in [0.3, 0.4) is 0 Å². The van der Waals surface area contributed by atoms with Crippen molar-refractivity contribution in [2.24, 2.45) is 0 Å². The zero-order valence-corrected chi connectivity index (χ0v) is 7.93. The Labute approximate surface area is 84.7 Å². The van der Waals surface area contributed by atoms with E-state index in [4.69, 9.17) is 16.7 Å². The van der Waals surface area contributed by atoms with E-state index in [2.05, 4.69) is 0 Å². The Morgan fingerprint density at radius 1 is 1.29 bits per heavy atom. The SMILES string of the molecule is OCCC(O)c1cc(Cl)c(F)cc1F. The molecule has 0 aliphatic rings. The molecule has 1 rings (SSSR count). The van der Waals surface area contributed by atoms with Crippen LogP contribution in [0.2, 0.25) is 5.02 Å². The molecule has 0 aliphatic carbocycles. The van der Waals surface area contributed by atoms with E-state index in [1.807, 2.05) is 0 Å². The third-order valence-corrected chi connectivity index (χ3v) is 2.09. The van der Waals surface area contributed by atoms with Gasteiger partial charge in [0.1, 0.15) is 11.6 Å². The Balaban J connectivity index is 3.02. The van der Waals surface area contributed by atoms with Crippen LogP contribution in [0.5, 0.6) is 0 Å². The molecule has 0 radical (unpaired) electrons. The fourth-order valence-electron chi connectivity index (χ4n) is 1.07. The minimum Gasteiger partial charge on any atom is -0.396 e. The molecule has 2 N–H and O–H groups in total. The predicted molar refractivity (Wildman–Crippen MR) is 48.0 cm³/mol. The number of rotatable bonds is 3. The van der Waals surface area contributed by atoms with Gasteiger partial charge in [-0.3, -0.25) is 0 Å². The van der Waals surface area contributed by atoms with Crippen LogP contribution in [0.15, 0.2) is 12.1 Å². The average molecular weight is 223 g/mol. The van der Waals surface area contributed by atoms with E-state index in [-0.39, 0.29) is 23.6 Å². The minimum absolute atomic E-state index is 0.0150. The molecule has 0 fully saturated rings. The van der Waals surface area contributed by atoms with E-state index in [1.54, 1.807) is 0 Å². The summed E-state index contributed by atoms with van der Waals surface area (Å²) in [5.74, 6) is -1.74. The highest BCUT2D eigenvalue weighted by Crippen LogP contribution is 2.25. The van der Waals surface area contributed by atoms with E-state index in [9.17, 15) is 13.9 Å². The van der Waals surface area contributed by atoms with Crippen LogP contribution in [-0.4, -0.2) is 16.8 Å². The topological polar surface area (TPSA) is 40.5 Å². The molecule has 0 heterocycles. The van der Waals surface area contributed by atoms with Gasteiger partial charge in [-0.15, -0.1) is 0 Å². The van der Waals surface area contributed by atoms with E-state index in [1.165, 1.54) is 0 Å². The van der Waals surface area contributed by atoms with Crippen LogP contribution in [-0.2, 0) is 0 Å². The van der Waals surface area contributed by atoms with Crippen molar-refractivity contribution in [2.75, 3.05) is 6.61 Å². The quantitative estimate of drug-likeness (QED) is 0.769. The second kappa shape index (κ2) is 4.68. The number of hydrogen-bond donors (Lipinski definition) is 2. The fraction of sp³-hybridized carbons (Fsp3) is 0.333. The number of aliphatic hydroxyl groups excluding tert-OH is 2. The lowest BCUT2D eigenvalue weighted by atomic mass is 10.1. The van der Waals surface area contributed by atoms with Gasteiger partial charge in [0.2, 0.25) is 0 Å². The highest BCUT2D eigenvalue weighted by atomic mass is 35.5. The average Bonchev–Trinajstić information content (AvgIpc) is 2.11. The lowest BCUT2D eigenvalue weighted by molar-refractivity contribution is 0.131.